The Morgan fingerprint density at radius 2 is 1.90 bits per heavy atom. The van der Waals surface area contributed by atoms with Gasteiger partial charge >= 0.3 is 0 Å². The Kier molecular flexibility index (Phi) is 5.76. The molecule has 1 unspecified atom stereocenters. The summed E-state index contributed by atoms with van der Waals surface area (Å²) in [5.41, 5.74) is 0.818. The summed E-state index contributed by atoms with van der Waals surface area (Å²) in [5, 5.41) is 2.70. The van der Waals surface area contributed by atoms with Crippen molar-refractivity contribution in [3.63, 3.8) is 0 Å². The zero-order valence-corrected chi connectivity index (χ0v) is 16.2. The van der Waals surface area contributed by atoms with Crippen LogP contribution in [0.4, 0.5) is 4.39 Å². The Morgan fingerprint density at radius 1 is 1.13 bits per heavy atom. The van der Waals surface area contributed by atoms with E-state index in [1.165, 1.54) is 47.4 Å². The van der Waals surface area contributed by atoms with Crippen LogP contribution in [0.25, 0.3) is 0 Å². The quantitative estimate of drug-likeness (QED) is 0.558. The monoisotopic (exact) mass is 412 g/mol. The largest absolute Gasteiger partial charge is 0.492 e. The van der Waals surface area contributed by atoms with E-state index in [0.29, 0.717) is 17.9 Å². The van der Waals surface area contributed by atoms with Gasteiger partial charge in [0.05, 0.1) is 30.3 Å². The lowest BCUT2D eigenvalue weighted by atomic mass is 10.1. The highest BCUT2D eigenvalue weighted by Crippen LogP contribution is 2.26. The number of hydrogen-bond acceptors (Lipinski definition) is 5. The van der Waals surface area contributed by atoms with E-state index in [2.05, 4.69) is 5.32 Å². The van der Waals surface area contributed by atoms with E-state index in [0.717, 1.165) is 12.8 Å². The number of nitrogens with one attached hydrogen (secondary N) is 1. The third-order valence-corrected chi connectivity index (χ3v) is 5.11. The highest BCUT2D eigenvalue weighted by atomic mass is 19.1. The molecule has 0 saturated carbocycles. The second kappa shape index (κ2) is 8.62. The summed E-state index contributed by atoms with van der Waals surface area (Å²) in [6, 6.07) is 10.1. The van der Waals surface area contributed by atoms with Crippen LogP contribution in [0.3, 0.4) is 0 Å². The van der Waals surface area contributed by atoms with Gasteiger partial charge in [0.25, 0.3) is 17.7 Å². The van der Waals surface area contributed by atoms with E-state index in [1.807, 2.05) is 0 Å². The summed E-state index contributed by atoms with van der Waals surface area (Å²) >= 11 is 0. The lowest BCUT2D eigenvalue weighted by Gasteiger charge is -2.17. The first kappa shape index (κ1) is 20.0. The molecule has 0 aliphatic carbocycles. The molecule has 3 amide bonds. The Bertz CT molecular complexity index is 970. The van der Waals surface area contributed by atoms with Crippen LogP contribution in [0.15, 0.2) is 42.5 Å². The van der Waals surface area contributed by atoms with Gasteiger partial charge in [-0.05, 0) is 55.3 Å². The van der Waals surface area contributed by atoms with E-state index < -0.39 is 5.91 Å². The molecule has 1 N–H and O–H groups in total. The average Bonchev–Trinajstić information content (AvgIpc) is 3.35. The minimum absolute atomic E-state index is 0.129. The van der Waals surface area contributed by atoms with Crippen molar-refractivity contribution >= 4 is 17.7 Å². The third kappa shape index (κ3) is 4.18. The number of nitrogens with zero attached hydrogens (tertiary/aromatic N) is 1. The van der Waals surface area contributed by atoms with Crippen LogP contribution in [-0.4, -0.2) is 55.0 Å². The van der Waals surface area contributed by atoms with Gasteiger partial charge in [0, 0.05) is 12.2 Å². The molecule has 0 aromatic heterocycles. The molecule has 2 aromatic carbocycles. The number of halogens is 1. The maximum Gasteiger partial charge on any atom is 0.261 e. The third-order valence-electron chi connectivity index (χ3n) is 5.11. The number of imide groups is 1. The first-order valence-corrected chi connectivity index (χ1v) is 9.81. The fourth-order valence-corrected chi connectivity index (χ4v) is 3.56. The Labute approximate surface area is 172 Å². The first-order chi connectivity index (χ1) is 14.5. The van der Waals surface area contributed by atoms with Crippen LogP contribution < -0.4 is 10.1 Å². The molecule has 2 heterocycles. The van der Waals surface area contributed by atoms with Crippen molar-refractivity contribution in [3.05, 3.63) is 65.0 Å². The number of ether oxygens (including phenoxy) is 2. The number of amides is 3. The van der Waals surface area contributed by atoms with Gasteiger partial charge < -0.3 is 14.8 Å². The Morgan fingerprint density at radius 3 is 2.63 bits per heavy atom. The molecular weight excluding hydrogens is 391 g/mol. The van der Waals surface area contributed by atoms with Crippen molar-refractivity contribution in [2.45, 2.75) is 18.9 Å². The summed E-state index contributed by atoms with van der Waals surface area (Å²) in [6.07, 6.45) is 1.61. The summed E-state index contributed by atoms with van der Waals surface area (Å²) in [7, 11) is 0. The maximum atomic E-state index is 12.9. The molecule has 2 aliphatic heterocycles. The number of benzene rings is 2. The molecule has 1 fully saturated rings. The number of carbonyl (C=O) groups is 3. The fraction of sp³-hybridized carbons (Fsp3) is 0.318. The molecule has 30 heavy (non-hydrogen) atoms. The van der Waals surface area contributed by atoms with Crippen LogP contribution >= 0.6 is 0 Å². The predicted octanol–water partition coefficient (Wildman–Crippen LogP) is 2.41. The van der Waals surface area contributed by atoms with E-state index in [4.69, 9.17) is 9.47 Å². The van der Waals surface area contributed by atoms with Gasteiger partial charge in [0.15, 0.2) is 0 Å². The zero-order chi connectivity index (χ0) is 21.1. The van der Waals surface area contributed by atoms with Crippen molar-refractivity contribution in [3.8, 4) is 5.75 Å². The number of fused-ring (bicyclic) bond motifs is 1. The first-order valence-electron chi connectivity index (χ1n) is 9.81. The van der Waals surface area contributed by atoms with E-state index in [9.17, 15) is 18.8 Å². The topological polar surface area (TPSA) is 84.9 Å². The summed E-state index contributed by atoms with van der Waals surface area (Å²) < 4.78 is 23.8. The number of rotatable bonds is 7. The van der Waals surface area contributed by atoms with Gasteiger partial charge in [-0.1, -0.05) is 0 Å². The molecule has 4 rings (SSSR count). The van der Waals surface area contributed by atoms with Crippen molar-refractivity contribution in [2.24, 2.45) is 0 Å². The molecule has 2 aliphatic rings. The summed E-state index contributed by atoms with van der Waals surface area (Å²) in [5.74, 6) is -0.989. The van der Waals surface area contributed by atoms with Crippen molar-refractivity contribution in [2.75, 3.05) is 26.3 Å². The van der Waals surface area contributed by atoms with Gasteiger partial charge in [-0.25, -0.2) is 4.39 Å². The Balaban J connectivity index is 1.34. The van der Waals surface area contributed by atoms with Crippen molar-refractivity contribution < 1.29 is 28.2 Å². The maximum absolute atomic E-state index is 12.9. The van der Waals surface area contributed by atoms with Crippen LogP contribution in [0.5, 0.6) is 5.75 Å². The fourth-order valence-electron chi connectivity index (χ4n) is 3.56. The van der Waals surface area contributed by atoms with Crippen molar-refractivity contribution in [1.82, 2.24) is 10.2 Å². The lowest BCUT2D eigenvalue weighted by Crippen LogP contribution is -2.36. The Hall–Kier alpha value is -3.26. The molecule has 0 bridgehead atoms. The van der Waals surface area contributed by atoms with Gasteiger partial charge in [-0.2, -0.15) is 0 Å². The molecule has 8 heteroatoms. The van der Waals surface area contributed by atoms with Gasteiger partial charge in [0.2, 0.25) is 0 Å². The molecule has 0 radical (unpaired) electrons. The molecule has 0 spiro atoms. The van der Waals surface area contributed by atoms with Crippen LogP contribution in [0.1, 0.15) is 43.9 Å². The molecule has 1 atom stereocenters. The number of carbonyl (C=O) groups excluding carboxylic acids is 3. The highest BCUT2D eigenvalue weighted by molar-refractivity contribution is 6.22. The minimum atomic E-state index is -0.403. The average molecular weight is 412 g/mol. The van der Waals surface area contributed by atoms with E-state index in [1.54, 1.807) is 0 Å². The van der Waals surface area contributed by atoms with E-state index >= 15 is 0 Å². The smallest absolute Gasteiger partial charge is 0.261 e. The molecule has 7 nitrogen and oxygen atoms in total. The predicted molar refractivity (Wildman–Crippen MR) is 105 cm³/mol. The van der Waals surface area contributed by atoms with E-state index in [-0.39, 0.29) is 54.6 Å². The second-order valence-electron chi connectivity index (χ2n) is 7.17. The van der Waals surface area contributed by atoms with Crippen LogP contribution in [0, 0.1) is 5.82 Å². The number of hydrogen-bond donors (Lipinski definition) is 1. The molecule has 1 saturated heterocycles. The van der Waals surface area contributed by atoms with Gasteiger partial charge in [-0.3, -0.25) is 19.3 Å². The lowest BCUT2D eigenvalue weighted by molar-refractivity contribution is 0.0475. The van der Waals surface area contributed by atoms with Crippen LogP contribution in [0.2, 0.25) is 0 Å². The standard InChI is InChI=1S/C22H21FN2O5/c23-15-4-6-16(7-5-15)30-11-9-24-20(26)14-3-8-18-19(12-14)22(28)25(21(18)27)13-17-2-1-10-29-17/h3-8,12,17H,1-2,9-11,13H2,(H,24,26). The van der Waals surface area contributed by atoms with Crippen molar-refractivity contribution in [1.29, 1.82) is 0 Å². The van der Waals surface area contributed by atoms with Gasteiger partial charge in [0.1, 0.15) is 18.2 Å². The van der Waals surface area contributed by atoms with Gasteiger partial charge in [-0.15, -0.1) is 0 Å². The normalized spacial score (nSPS) is 17.9. The summed E-state index contributed by atoms with van der Waals surface area (Å²) in [4.78, 5) is 38.8. The molecular formula is C22H21FN2O5. The minimum Gasteiger partial charge on any atom is -0.492 e. The molecule has 156 valence electrons. The molecule has 2 aromatic rings. The highest BCUT2D eigenvalue weighted by Gasteiger charge is 2.37. The zero-order valence-electron chi connectivity index (χ0n) is 16.2. The summed E-state index contributed by atoms with van der Waals surface area (Å²) in [6.45, 7) is 1.30. The van der Waals surface area contributed by atoms with Crippen LogP contribution in [-0.2, 0) is 4.74 Å². The second-order valence-corrected chi connectivity index (χ2v) is 7.17. The SMILES string of the molecule is O=C(NCCOc1ccc(F)cc1)c1ccc2c(c1)C(=O)N(CC1CCCO1)C2=O.